The van der Waals surface area contributed by atoms with Gasteiger partial charge in [-0.3, -0.25) is 4.99 Å². The summed E-state index contributed by atoms with van der Waals surface area (Å²) >= 11 is 1.76. The molecule has 1 heterocycles. The number of nitrogens with zero attached hydrogens (tertiary/aromatic N) is 1. The predicted octanol–water partition coefficient (Wildman–Crippen LogP) is 3.59. The van der Waals surface area contributed by atoms with Crippen LogP contribution in [0.1, 0.15) is 28.8 Å². The minimum absolute atomic E-state index is 0.129. The first kappa shape index (κ1) is 16.0. The molecular weight excluding hydrogens is 309 g/mol. The van der Waals surface area contributed by atoms with Crippen molar-refractivity contribution in [3.63, 3.8) is 0 Å². The van der Waals surface area contributed by atoms with Crippen molar-refractivity contribution in [3.8, 4) is 0 Å². The Kier molecular flexibility index (Phi) is 4.66. The molecule has 0 spiro atoms. The maximum absolute atomic E-state index is 13.1. The van der Waals surface area contributed by atoms with Gasteiger partial charge in [0.25, 0.3) is 0 Å². The van der Waals surface area contributed by atoms with E-state index in [4.69, 9.17) is 0 Å². The molecule has 1 aliphatic rings. The van der Waals surface area contributed by atoms with Gasteiger partial charge in [0.2, 0.25) is 0 Å². The normalized spacial score (nSPS) is 16.2. The lowest BCUT2D eigenvalue weighted by Gasteiger charge is -2.19. The van der Waals surface area contributed by atoms with Crippen LogP contribution in [0.3, 0.4) is 0 Å². The Morgan fingerprint density at radius 2 is 1.96 bits per heavy atom. The third kappa shape index (κ3) is 3.72. The van der Waals surface area contributed by atoms with Gasteiger partial charge in [-0.15, -0.1) is 11.3 Å². The lowest BCUT2D eigenvalue weighted by molar-refractivity contribution is 0.617. The number of thiophene rings is 1. The van der Waals surface area contributed by atoms with Crippen LogP contribution in [0.5, 0.6) is 0 Å². The number of halogens is 1. The van der Waals surface area contributed by atoms with Gasteiger partial charge in [0.05, 0.1) is 6.54 Å². The summed E-state index contributed by atoms with van der Waals surface area (Å²) in [6, 6.07) is 9.01. The summed E-state index contributed by atoms with van der Waals surface area (Å²) in [6.45, 7) is 3.73. The van der Waals surface area contributed by atoms with Crippen LogP contribution in [0.4, 0.5) is 4.39 Å². The van der Waals surface area contributed by atoms with Crippen LogP contribution in [0.15, 0.2) is 40.7 Å². The molecule has 3 rings (SSSR count). The van der Waals surface area contributed by atoms with Crippen LogP contribution in [-0.2, 0) is 12.0 Å². The molecule has 0 amide bonds. The van der Waals surface area contributed by atoms with E-state index < -0.39 is 0 Å². The minimum Gasteiger partial charge on any atom is -0.356 e. The Bertz CT molecular complexity index is 687. The fraction of sp³-hybridized carbons (Fsp3) is 0.389. The molecule has 1 fully saturated rings. The first-order valence-corrected chi connectivity index (χ1v) is 8.74. The SMILES string of the molecule is CN=C(NCc1sccc1C)NCC1(c2ccc(F)cc2)CC1. The van der Waals surface area contributed by atoms with Crippen LogP contribution in [0.2, 0.25) is 0 Å². The number of aryl methyl sites for hydroxylation is 1. The molecule has 122 valence electrons. The highest BCUT2D eigenvalue weighted by molar-refractivity contribution is 7.10. The van der Waals surface area contributed by atoms with E-state index in [1.807, 2.05) is 12.1 Å². The van der Waals surface area contributed by atoms with Crippen molar-refractivity contribution in [3.05, 3.63) is 57.5 Å². The van der Waals surface area contributed by atoms with Crippen molar-refractivity contribution in [1.29, 1.82) is 0 Å². The second kappa shape index (κ2) is 6.71. The highest BCUT2D eigenvalue weighted by Crippen LogP contribution is 2.47. The highest BCUT2D eigenvalue weighted by atomic mass is 32.1. The van der Waals surface area contributed by atoms with E-state index in [9.17, 15) is 4.39 Å². The average Bonchev–Trinajstić information content (AvgIpc) is 3.24. The van der Waals surface area contributed by atoms with E-state index >= 15 is 0 Å². The molecule has 23 heavy (non-hydrogen) atoms. The van der Waals surface area contributed by atoms with E-state index in [2.05, 4.69) is 34.0 Å². The van der Waals surface area contributed by atoms with Crippen molar-refractivity contribution in [2.75, 3.05) is 13.6 Å². The number of nitrogens with one attached hydrogen (secondary N) is 2. The first-order chi connectivity index (χ1) is 11.1. The molecular formula is C18H22FN3S. The molecule has 2 N–H and O–H groups in total. The van der Waals surface area contributed by atoms with E-state index in [0.29, 0.717) is 0 Å². The molecule has 0 atom stereocenters. The third-order valence-electron chi connectivity index (χ3n) is 4.51. The van der Waals surface area contributed by atoms with E-state index in [-0.39, 0.29) is 11.2 Å². The zero-order valence-electron chi connectivity index (χ0n) is 13.5. The maximum Gasteiger partial charge on any atom is 0.191 e. The molecule has 1 aliphatic carbocycles. The lowest BCUT2D eigenvalue weighted by Crippen LogP contribution is -2.40. The molecule has 1 aromatic heterocycles. The molecule has 1 aromatic carbocycles. The summed E-state index contributed by atoms with van der Waals surface area (Å²) in [5.41, 5.74) is 2.64. The second-order valence-electron chi connectivity index (χ2n) is 6.09. The van der Waals surface area contributed by atoms with E-state index in [0.717, 1.165) is 31.9 Å². The van der Waals surface area contributed by atoms with Crippen LogP contribution < -0.4 is 10.6 Å². The van der Waals surface area contributed by atoms with Crippen LogP contribution in [-0.4, -0.2) is 19.6 Å². The van der Waals surface area contributed by atoms with Gasteiger partial charge >= 0.3 is 0 Å². The molecule has 0 unspecified atom stereocenters. The summed E-state index contributed by atoms with van der Waals surface area (Å²) in [6.07, 6.45) is 2.26. The fourth-order valence-electron chi connectivity index (χ4n) is 2.74. The Labute approximate surface area is 140 Å². The summed E-state index contributed by atoms with van der Waals surface area (Å²) in [7, 11) is 1.79. The van der Waals surface area contributed by atoms with Crippen LogP contribution in [0, 0.1) is 12.7 Å². The first-order valence-electron chi connectivity index (χ1n) is 7.86. The van der Waals surface area contributed by atoms with Gasteiger partial charge in [0, 0.05) is 23.9 Å². The standard InChI is InChI=1S/C18H22FN3S/c1-13-7-10-23-16(13)11-21-17(20-2)22-12-18(8-9-18)14-3-5-15(19)6-4-14/h3-7,10H,8-9,11-12H2,1-2H3,(H2,20,21,22). The largest absolute Gasteiger partial charge is 0.356 e. The number of hydrogen-bond donors (Lipinski definition) is 2. The maximum atomic E-state index is 13.1. The quantitative estimate of drug-likeness (QED) is 0.649. The predicted molar refractivity (Wildman–Crippen MR) is 94.6 cm³/mol. The molecule has 0 radical (unpaired) electrons. The number of guanidine groups is 1. The molecule has 2 aromatic rings. The molecule has 0 aliphatic heterocycles. The van der Waals surface area contributed by atoms with Gasteiger partial charge in [-0.1, -0.05) is 12.1 Å². The van der Waals surface area contributed by atoms with Gasteiger partial charge in [0.15, 0.2) is 5.96 Å². The van der Waals surface area contributed by atoms with Gasteiger partial charge < -0.3 is 10.6 Å². The Balaban J connectivity index is 1.56. The third-order valence-corrected chi connectivity index (χ3v) is 5.54. The van der Waals surface area contributed by atoms with Crippen molar-refractivity contribution >= 4 is 17.3 Å². The number of benzene rings is 1. The summed E-state index contributed by atoms with van der Waals surface area (Å²) < 4.78 is 13.1. The topological polar surface area (TPSA) is 36.4 Å². The highest BCUT2D eigenvalue weighted by Gasteiger charge is 2.44. The summed E-state index contributed by atoms with van der Waals surface area (Å²) in [4.78, 5) is 5.62. The van der Waals surface area contributed by atoms with E-state index in [1.165, 1.54) is 16.0 Å². The van der Waals surface area contributed by atoms with Crippen molar-refractivity contribution in [2.45, 2.75) is 31.7 Å². The number of rotatable bonds is 5. The Morgan fingerprint density at radius 1 is 1.22 bits per heavy atom. The average molecular weight is 331 g/mol. The molecule has 0 saturated heterocycles. The molecule has 0 bridgehead atoms. The Hall–Kier alpha value is -1.88. The minimum atomic E-state index is -0.179. The summed E-state index contributed by atoms with van der Waals surface area (Å²) in [5, 5.41) is 8.89. The fourth-order valence-corrected chi connectivity index (χ4v) is 3.59. The van der Waals surface area contributed by atoms with Crippen molar-refractivity contribution < 1.29 is 4.39 Å². The van der Waals surface area contributed by atoms with Gasteiger partial charge in [-0.2, -0.15) is 0 Å². The molecule has 5 heteroatoms. The van der Waals surface area contributed by atoms with Gasteiger partial charge in [-0.05, 0) is 54.5 Å². The van der Waals surface area contributed by atoms with Crippen LogP contribution >= 0.6 is 11.3 Å². The monoisotopic (exact) mass is 331 g/mol. The Morgan fingerprint density at radius 3 is 2.52 bits per heavy atom. The van der Waals surface area contributed by atoms with E-state index in [1.54, 1.807) is 30.5 Å². The van der Waals surface area contributed by atoms with Gasteiger partial charge in [-0.25, -0.2) is 4.39 Å². The van der Waals surface area contributed by atoms with Crippen LogP contribution in [0.25, 0.3) is 0 Å². The molecule has 1 saturated carbocycles. The summed E-state index contributed by atoms with van der Waals surface area (Å²) in [5.74, 6) is 0.632. The number of hydrogen-bond acceptors (Lipinski definition) is 2. The zero-order chi connectivity index (χ0) is 16.3. The second-order valence-corrected chi connectivity index (χ2v) is 7.09. The lowest BCUT2D eigenvalue weighted by atomic mass is 9.96. The number of aliphatic imine (C=N–C) groups is 1. The smallest absolute Gasteiger partial charge is 0.191 e. The molecule has 3 nitrogen and oxygen atoms in total. The zero-order valence-corrected chi connectivity index (χ0v) is 14.3. The van der Waals surface area contributed by atoms with Crippen molar-refractivity contribution in [1.82, 2.24) is 10.6 Å². The van der Waals surface area contributed by atoms with Gasteiger partial charge in [0.1, 0.15) is 5.82 Å². The van der Waals surface area contributed by atoms with Crippen molar-refractivity contribution in [2.24, 2.45) is 4.99 Å².